The van der Waals surface area contributed by atoms with E-state index < -0.39 is 5.91 Å². The summed E-state index contributed by atoms with van der Waals surface area (Å²) < 4.78 is 5.35. The zero-order valence-electron chi connectivity index (χ0n) is 12.2. The molecule has 0 saturated carbocycles. The smallest absolute Gasteiger partial charge is 0.251 e. The summed E-state index contributed by atoms with van der Waals surface area (Å²) in [5.74, 6) is -0.848. The fourth-order valence-corrected chi connectivity index (χ4v) is 2.44. The maximum Gasteiger partial charge on any atom is 0.251 e. The molecule has 0 aliphatic carbocycles. The molecule has 2 amide bonds. The number of carbonyl (C=O) groups is 2. The molecule has 0 bridgehead atoms. The minimum Gasteiger partial charge on any atom is -0.381 e. The molecular weight excluding hydrogens is 270 g/mol. The number of methoxy groups -OCH3 is 1. The Balaban J connectivity index is 1.93. The third-order valence-electron chi connectivity index (χ3n) is 3.69. The van der Waals surface area contributed by atoms with Crippen molar-refractivity contribution in [2.45, 2.75) is 18.9 Å². The molecule has 0 unspecified atom stereocenters. The molecular formula is C15H21N3O3. The van der Waals surface area contributed by atoms with Gasteiger partial charge < -0.3 is 20.7 Å². The molecule has 1 aliphatic heterocycles. The van der Waals surface area contributed by atoms with Crippen LogP contribution in [0, 0.1) is 0 Å². The second-order valence-corrected chi connectivity index (χ2v) is 5.12. The van der Waals surface area contributed by atoms with Crippen molar-refractivity contribution >= 4 is 17.5 Å². The monoisotopic (exact) mass is 291 g/mol. The van der Waals surface area contributed by atoms with Crippen molar-refractivity contribution < 1.29 is 14.3 Å². The predicted molar refractivity (Wildman–Crippen MR) is 80.2 cm³/mol. The topological polar surface area (TPSA) is 84.7 Å². The standard InChI is InChI=1S/C15H21N3O3/c1-21-13-6-8-18(9-7-13)12-4-2-11(3-5-12)15(20)17-10-14(16)19/h2-5,13H,6-10H2,1H3,(H2,16,19)(H,17,20). The summed E-state index contributed by atoms with van der Waals surface area (Å²) in [6, 6.07) is 7.36. The van der Waals surface area contributed by atoms with E-state index in [1.807, 2.05) is 12.1 Å². The summed E-state index contributed by atoms with van der Waals surface area (Å²) in [7, 11) is 1.75. The number of nitrogens with two attached hydrogens (primary N) is 1. The lowest BCUT2D eigenvalue weighted by Gasteiger charge is -2.33. The molecule has 21 heavy (non-hydrogen) atoms. The Bertz CT molecular complexity index is 493. The maximum absolute atomic E-state index is 11.8. The van der Waals surface area contributed by atoms with E-state index in [2.05, 4.69) is 10.2 Å². The second-order valence-electron chi connectivity index (χ2n) is 5.12. The highest BCUT2D eigenvalue weighted by molar-refractivity contribution is 5.96. The van der Waals surface area contributed by atoms with Gasteiger partial charge in [0.1, 0.15) is 0 Å². The molecule has 0 atom stereocenters. The highest BCUT2D eigenvalue weighted by atomic mass is 16.5. The number of anilines is 1. The number of benzene rings is 1. The first-order valence-electron chi connectivity index (χ1n) is 7.04. The van der Waals surface area contributed by atoms with Crippen LogP contribution in [0.1, 0.15) is 23.2 Å². The quantitative estimate of drug-likeness (QED) is 0.828. The average molecular weight is 291 g/mol. The van der Waals surface area contributed by atoms with Gasteiger partial charge in [-0.25, -0.2) is 0 Å². The van der Waals surface area contributed by atoms with E-state index in [1.54, 1.807) is 19.2 Å². The van der Waals surface area contributed by atoms with Gasteiger partial charge in [0.05, 0.1) is 12.6 Å². The van der Waals surface area contributed by atoms with Crippen LogP contribution in [0.5, 0.6) is 0 Å². The molecule has 2 rings (SSSR count). The zero-order chi connectivity index (χ0) is 15.2. The molecule has 1 heterocycles. The van der Waals surface area contributed by atoms with Crippen molar-refractivity contribution in [1.82, 2.24) is 5.32 Å². The van der Waals surface area contributed by atoms with Gasteiger partial charge in [-0.05, 0) is 37.1 Å². The minimum absolute atomic E-state index is 0.148. The third kappa shape index (κ3) is 4.19. The fourth-order valence-electron chi connectivity index (χ4n) is 2.44. The molecule has 0 spiro atoms. The van der Waals surface area contributed by atoms with Crippen molar-refractivity contribution in [3.8, 4) is 0 Å². The summed E-state index contributed by atoms with van der Waals surface area (Å²) in [4.78, 5) is 24.7. The number of primary amides is 1. The molecule has 1 saturated heterocycles. The lowest BCUT2D eigenvalue weighted by Crippen LogP contribution is -2.36. The van der Waals surface area contributed by atoms with Crippen LogP contribution in [0.3, 0.4) is 0 Å². The molecule has 6 nitrogen and oxygen atoms in total. The minimum atomic E-state index is -0.555. The summed E-state index contributed by atoms with van der Waals surface area (Å²) in [5, 5.41) is 2.47. The number of carbonyl (C=O) groups excluding carboxylic acids is 2. The Morgan fingerprint density at radius 2 is 1.90 bits per heavy atom. The first-order chi connectivity index (χ1) is 10.1. The van der Waals surface area contributed by atoms with Crippen molar-refractivity contribution in [3.63, 3.8) is 0 Å². The van der Waals surface area contributed by atoms with Crippen LogP contribution in [-0.2, 0) is 9.53 Å². The molecule has 1 aromatic rings. The van der Waals surface area contributed by atoms with E-state index in [1.165, 1.54) is 0 Å². The summed E-state index contributed by atoms with van der Waals surface area (Å²) in [5.41, 5.74) is 6.61. The van der Waals surface area contributed by atoms with Gasteiger partial charge in [0.15, 0.2) is 0 Å². The Morgan fingerprint density at radius 1 is 1.29 bits per heavy atom. The number of nitrogens with one attached hydrogen (secondary N) is 1. The third-order valence-corrected chi connectivity index (χ3v) is 3.69. The Kier molecular flexibility index (Phi) is 5.16. The first kappa shape index (κ1) is 15.3. The molecule has 1 aliphatic rings. The molecule has 6 heteroatoms. The number of ether oxygens (including phenoxy) is 1. The number of amides is 2. The molecule has 1 aromatic carbocycles. The predicted octanol–water partition coefficient (Wildman–Crippen LogP) is 0.517. The van der Waals surface area contributed by atoms with Gasteiger partial charge in [-0.2, -0.15) is 0 Å². The summed E-state index contributed by atoms with van der Waals surface area (Å²) in [6.07, 6.45) is 2.37. The van der Waals surface area contributed by atoms with Gasteiger partial charge in [0.2, 0.25) is 5.91 Å². The zero-order valence-corrected chi connectivity index (χ0v) is 12.2. The molecule has 1 fully saturated rings. The maximum atomic E-state index is 11.8. The normalized spacial score (nSPS) is 15.8. The van der Waals surface area contributed by atoms with Crippen LogP contribution in [0.4, 0.5) is 5.69 Å². The van der Waals surface area contributed by atoms with E-state index in [0.29, 0.717) is 11.7 Å². The first-order valence-corrected chi connectivity index (χ1v) is 7.04. The largest absolute Gasteiger partial charge is 0.381 e. The second kappa shape index (κ2) is 7.08. The van der Waals surface area contributed by atoms with Crippen molar-refractivity contribution in [2.75, 3.05) is 31.6 Å². The molecule has 0 aromatic heterocycles. The van der Waals surface area contributed by atoms with Crippen LogP contribution in [0.15, 0.2) is 24.3 Å². The van der Waals surface area contributed by atoms with Crippen LogP contribution >= 0.6 is 0 Å². The number of piperidine rings is 1. The van der Waals surface area contributed by atoms with Gasteiger partial charge in [-0.15, -0.1) is 0 Å². The molecule has 3 N–H and O–H groups in total. The van der Waals surface area contributed by atoms with Gasteiger partial charge in [0.25, 0.3) is 5.91 Å². The van der Waals surface area contributed by atoms with Crippen LogP contribution < -0.4 is 16.0 Å². The Hall–Kier alpha value is -2.08. The van der Waals surface area contributed by atoms with E-state index in [-0.39, 0.29) is 12.5 Å². The van der Waals surface area contributed by atoms with Gasteiger partial charge in [0, 0.05) is 31.5 Å². The summed E-state index contributed by atoms with van der Waals surface area (Å²) >= 11 is 0. The highest BCUT2D eigenvalue weighted by Gasteiger charge is 2.19. The lowest BCUT2D eigenvalue weighted by atomic mass is 10.1. The van der Waals surface area contributed by atoms with Crippen LogP contribution in [0.25, 0.3) is 0 Å². The highest BCUT2D eigenvalue weighted by Crippen LogP contribution is 2.21. The Labute approximate surface area is 124 Å². The number of nitrogens with zero attached hydrogens (tertiary/aromatic N) is 1. The molecule has 0 radical (unpaired) electrons. The van der Waals surface area contributed by atoms with Crippen molar-refractivity contribution in [1.29, 1.82) is 0 Å². The van der Waals surface area contributed by atoms with Crippen molar-refractivity contribution in [2.24, 2.45) is 5.73 Å². The van der Waals surface area contributed by atoms with E-state index in [9.17, 15) is 9.59 Å². The van der Waals surface area contributed by atoms with Crippen LogP contribution in [-0.4, -0.2) is 44.7 Å². The van der Waals surface area contributed by atoms with Crippen LogP contribution in [0.2, 0.25) is 0 Å². The number of rotatable bonds is 5. The number of hydrogen-bond donors (Lipinski definition) is 2. The lowest BCUT2D eigenvalue weighted by molar-refractivity contribution is -0.117. The van der Waals surface area contributed by atoms with Crippen molar-refractivity contribution in [3.05, 3.63) is 29.8 Å². The van der Waals surface area contributed by atoms with Gasteiger partial charge in [-0.3, -0.25) is 9.59 Å². The van der Waals surface area contributed by atoms with E-state index in [4.69, 9.17) is 10.5 Å². The summed E-state index contributed by atoms with van der Waals surface area (Å²) in [6.45, 7) is 1.75. The van der Waals surface area contributed by atoms with Gasteiger partial charge in [-0.1, -0.05) is 0 Å². The SMILES string of the molecule is COC1CCN(c2ccc(C(=O)NCC(N)=O)cc2)CC1. The Morgan fingerprint density at radius 3 is 2.43 bits per heavy atom. The van der Waals surface area contributed by atoms with Gasteiger partial charge >= 0.3 is 0 Å². The molecule has 114 valence electrons. The van der Waals surface area contributed by atoms with E-state index >= 15 is 0 Å². The van der Waals surface area contributed by atoms with E-state index in [0.717, 1.165) is 31.6 Å². The fraction of sp³-hybridized carbons (Fsp3) is 0.467. The average Bonchev–Trinajstić information content (AvgIpc) is 2.53. The number of hydrogen-bond acceptors (Lipinski definition) is 4.